The Bertz CT molecular complexity index is 943. The van der Waals surface area contributed by atoms with Gasteiger partial charge in [-0.3, -0.25) is 9.59 Å². The van der Waals surface area contributed by atoms with Crippen LogP contribution in [-0.2, 0) is 14.3 Å². The molecule has 0 radical (unpaired) electrons. The Hall–Kier alpha value is -2.98. The highest BCUT2D eigenvalue weighted by molar-refractivity contribution is 7.16. The largest absolute Gasteiger partial charge is 0.508 e. The van der Waals surface area contributed by atoms with Gasteiger partial charge in [-0.2, -0.15) is 0 Å². The van der Waals surface area contributed by atoms with Gasteiger partial charge in [0.15, 0.2) is 16.9 Å². The second-order valence-corrected chi connectivity index (χ2v) is 8.21. The summed E-state index contributed by atoms with van der Waals surface area (Å²) >= 11 is 1.16. The van der Waals surface area contributed by atoms with E-state index in [0.717, 1.165) is 11.3 Å². The van der Waals surface area contributed by atoms with E-state index in [2.05, 4.69) is 15.6 Å². The maximum Gasteiger partial charge on any atom is 0.357 e. The minimum Gasteiger partial charge on any atom is -0.508 e. The lowest BCUT2D eigenvalue weighted by Crippen LogP contribution is -2.45. The molecular weight excluding hydrogens is 422 g/mol. The van der Waals surface area contributed by atoms with Gasteiger partial charge in [0, 0.05) is 10.4 Å². The molecule has 10 heteroatoms. The summed E-state index contributed by atoms with van der Waals surface area (Å²) in [5, 5.41) is 25.5. The molecule has 4 N–H and O–H groups in total. The second kappa shape index (κ2) is 10.9. The van der Waals surface area contributed by atoms with Crippen molar-refractivity contribution in [3.05, 3.63) is 40.4 Å². The van der Waals surface area contributed by atoms with E-state index < -0.39 is 29.9 Å². The summed E-state index contributed by atoms with van der Waals surface area (Å²) in [6.07, 6.45) is -0.725. The van der Waals surface area contributed by atoms with Crippen molar-refractivity contribution in [2.24, 2.45) is 0 Å². The van der Waals surface area contributed by atoms with Crippen molar-refractivity contribution in [2.75, 3.05) is 12.4 Å². The number of aliphatic hydroxyl groups excluding tert-OH is 1. The van der Waals surface area contributed by atoms with Crippen molar-refractivity contribution in [3.63, 3.8) is 0 Å². The van der Waals surface area contributed by atoms with Gasteiger partial charge in [0.25, 0.3) is 5.91 Å². The Labute approximate surface area is 184 Å². The predicted molar refractivity (Wildman–Crippen MR) is 116 cm³/mol. The first-order valence-corrected chi connectivity index (χ1v) is 10.7. The monoisotopic (exact) mass is 449 g/mol. The molecule has 0 aliphatic carbocycles. The van der Waals surface area contributed by atoms with E-state index in [1.165, 1.54) is 19.2 Å². The Balaban J connectivity index is 2.16. The van der Waals surface area contributed by atoms with E-state index in [0.29, 0.717) is 17.7 Å². The number of hydrogen-bond acceptors (Lipinski definition) is 8. The molecule has 168 valence electrons. The predicted octanol–water partition coefficient (Wildman–Crippen LogP) is 2.72. The van der Waals surface area contributed by atoms with Crippen LogP contribution in [0, 0.1) is 0 Å². The van der Waals surface area contributed by atoms with Crippen LogP contribution in [0.15, 0.2) is 24.3 Å². The smallest absolute Gasteiger partial charge is 0.357 e. The lowest BCUT2D eigenvalue weighted by Gasteiger charge is -2.19. The second-order valence-electron chi connectivity index (χ2n) is 7.18. The number of thiazole rings is 1. The number of carbonyl (C=O) groups excluding carboxylic acids is 3. The van der Waals surface area contributed by atoms with Crippen LogP contribution in [0.3, 0.4) is 0 Å². The molecule has 1 aromatic carbocycles. The maximum atomic E-state index is 12.8. The SMILES string of the molecule is CCC[C@H](NC(=O)C(O)c1ccccc1O)C(=O)Nc1nc(C(=O)OC)c(C(C)C)s1. The number of carbonyl (C=O) groups is 3. The van der Waals surface area contributed by atoms with Crippen LogP contribution in [0.5, 0.6) is 5.75 Å². The van der Waals surface area contributed by atoms with Gasteiger partial charge in [-0.05, 0) is 18.4 Å². The first-order valence-electron chi connectivity index (χ1n) is 9.85. The standard InChI is InChI=1S/C21H27N3O6S/c1-5-8-13(22-19(28)16(26)12-9-6-7-10-14(12)25)18(27)24-21-23-15(20(29)30-4)17(31-21)11(2)3/h6-7,9-11,13,16,25-26H,5,8H2,1-4H3,(H,22,28)(H,23,24,27)/t13-,16?/m0/s1. The third-order valence-electron chi connectivity index (χ3n) is 4.48. The molecule has 9 nitrogen and oxygen atoms in total. The molecular formula is C21H27N3O6S. The number of nitrogens with one attached hydrogen (secondary N) is 2. The summed E-state index contributed by atoms with van der Waals surface area (Å²) in [5.74, 6) is -2.16. The molecule has 2 atom stereocenters. The van der Waals surface area contributed by atoms with Gasteiger partial charge in [0.05, 0.1) is 7.11 Å². The highest BCUT2D eigenvalue weighted by atomic mass is 32.1. The van der Waals surface area contributed by atoms with Crippen LogP contribution in [0.4, 0.5) is 5.13 Å². The molecule has 0 bridgehead atoms. The molecule has 0 fully saturated rings. The number of amides is 2. The molecule has 0 saturated carbocycles. The van der Waals surface area contributed by atoms with Crippen molar-refractivity contribution >= 4 is 34.3 Å². The number of esters is 1. The molecule has 0 spiro atoms. The number of aromatic nitrogens is 1. The van der Waals surface area contributed by atoms with Gasteiger partial charge in [0.1, 0.15) is 11.8 Å². The highest BCUT2D eigenvalue weighted by Crippen LogP contribution is 2.30. The van der Waals surface area contributed by atoms with Gasteiger partial charge in [-0.15, -0.1) is 11.3 Å². The Morgan fingerprint density at radius 2 is 1.87 bits per heavy atom. The van der Waals surface area contributed by atoms with Crippen molar-refractivity contribution in [2.45, 2.75) is 51.7 Å². The van der Waals surface area contributed by atoms with Crippen molar-refractivity contribution in [1.82, 2.24) is 10.3 Å². The third kappa shape index (κ3) is 6.02. The number of nitrogens with zero attached hydrogens (tertiary/aromatic N) is 1. The molecule has 31 heavy (non-hydrogen) atoms. The zero-order valence-electron chi connectivity index (χ0n) is 17.8. The number of para-hydroxylation sites is 1. The normalized spacial score (nSPS) is 12.8. The zero-order valence-corrected chi connectivity index (χ0v) is 18.7. The highest BCUT2D eigenvalue weighted by Gasteiger charge is 2.28. The third-order valence-corrected chi connectivity index (χ3v) is 5.75. The minimum atomic E-state index is -1.63. The average molecular weight is 450 g/mol. The number of benzene rings is 1. The molecule has 2 rings (SSSR count). The molecule has 2 aromatic rings. The first-order chi connectivity index (χ1) is 14.7. The fraction of sp³-hybridized carbons (Fsp3) is 0.429. The number of phenolic OH excluding ortho intramolecular Hbond substituents is 1. The van der Waals surface area contributed by atoms with Crippen molar-refractivity contribution in [1.29, 1.82) is 0 Å². The Kier molecular flexibility index (Phi) is 8.52. The summed E-state index contributed by atoms with van der Waals surface area (Å²) < 4.78 is 4.75. The molecule has 1 aromatic heterocycles. The van der Waals surface area contributed by atoms with E-state index >= 15 is 0 Å². The number of aromatic hydroxyl groups is 1. The van der Waals surface area contributed by atoms with Crippen LogP contribution in [0.1, 0.15) is 66.6 Å². The number of hydrogen-bond donors (Lipinski definition) is 4. The van der Waals surface area contributed by atoms with Crippen LogP contribution in [-0.4, -0.2) is 46.1 Å². The van der Waals surface area contributed by atoms with E-state index in [1.807, 2.05) is 20.8 Å². The summed E-state index contributed by atoms with van der Waals surface area (Å²) in [7, 11) is 1.26. The number of phenols is 1. The fourth-order valence-corrected chi connectivity index (χ4v) is 3.84. The molecule has 0 aliphatic rings. The molecule has 0 aliphatic heterocycles. The number of aliphatic hydroxyl groups is 1. The number of methoxy groups -OCH3 is 1. The quantitative estimate of drug-likeness (QED) is 0.432. The van der Waals surface area contributed by atoms with E-state index in [-0.39, 0.29) is 28.1 Å². The zero-order chi connectivity index (χ0) is 23.1. The molecule has 1 heterocycles. The summed E-state index contributed by atoms with van der Waals surface area (Å²) in [6.45, 7) is 5.64. The fourth-order valence-electron chi connectivity index (χ4n) is 2.88. The topological polar surface area (TPSA) is 138 Å². The lowest BCUT2D eigenvalue weighted by molar-refractivity contribution is -0.133. The van der Waals surface area contributed by atoms with Crippen LogP contribution >= 0.6 is 11.3 Å². The van der Waals surface area contributed by atoms with Gasteiger partial charge in [-0.25, -0.2) is 9.78 Å². The molecule has 0 saturated heterocycles. The van der Waals surface area contributed by atoms with Crippen molar-refractivity contribution < 1.29 is 29.3 Å². The summed E-state index contributed by atoms with van der Waals surface area (Å²) in [6, 6.07) is 4.99. The van der Waals surface area contributed by atoms with E-state index in [1.54, 1.807) is 12.1 Å². The van der Waals surface area contributed by atoms with E-state index in [9.17, 15) is 24.6 Å². The van der Waals surface area contributed by atoms with Crippen LogP contribution < -0.4 is 10.6 Å². The molecule has 1 unspecified atom stereocenters. The van der Waals surface area contributed by atoms with Crippen LogP contribution in [0.2, 0.25) is 0 Å². The van der Waals surface area contributed by atoms with Gasteiger partial charge in [0.2, 0.25) is 5.91 Å². The van der Waals surface area contributed by atoms with Crippen molar-refractivity contribution in [3.8, 4) is 5.75 Å². The maximum absolute atomic E-state index is 12.8. The summed E-state index contributed by atoms with van der Waals surface area (Å²) in [5.41, 5.74) is 0.184. The van der Waals surface area contributed by atoms with Gasteiger partial charge in [-0.1, -0.05) is 45.4 Å². The van der Waals surface area contributed by atoms with Gasteiger partial charge >= 0.3 is 5.97 Å². The minimum absolute atomic E-state index is 0.00269. The Morgan fingerprint density at radius 3 is 2.45 bits per heavy atom. The summed E-state index contributed by atoms with van der Waals surface area (Å²) in [4.78, 5) is 42.1. The first kappa shape index (κ1) is 24.3. The number of ether oxygens (including phenoxy) is 1. The lowest BCUT2D eigenvalue weighted by atomic mass is 10.1. The average Bonchev–Trinajstić information content (AvgIpc) is 3.16. The molecule has 2 amide bonds. The number of rotatable bonds is 9. The number of anilines is 1. The Morgan fingerprint density at radius 1 is 1.19 bits per heavy atom. The van der Waals surface area contributed by atoms with Gasteiger partial charge < -0.3 is 25.6 Å². The van der Waals surface area contributed by atoms with Crippen LogP contribution in [0.25, 0.3) is 0 Å². The van der Waals surface area contributed by atoms with E-state index in [4.69, 9.17) is 4.74 Å².